The number of nitrogens with zero attached hydrogens (tertiary/aromatic N) is 2. The van der Waals surface area contributed by atoms with Crippen molar-refractivity contribution in [2.45, 2.75) is 26.8 Å². The maximum Gasteiger partial charge on any atom is 0.178 e. The number of nitrogens with one attached hydrogen (secondary N) is 1. The van der Waals surface area contributed by atoms with Gasteiger partial charge in [0, 0.05) is 5.56 Å². The molecule has 21 heavy (non-hydrogen) atoms. The Labute approximate surface area is 127 Å². The molecule has 106 valence electrons. The predicted octanol–water partition coefficient (Wildman–Crippen LogP) is 4.39. The maximum absolute atomic E-state index is 9.09. The lowest BCUT2D eigenvalue weighted by atomic mass is 10.1. The molecule has 0 bridgehead atoms. The van der Waals surface area contributed by atoms with Gasteiger partial charge in [-0.05, 0) is 57.3 Å². The molecule has 2 heterocycles. The molecule has 0 radical (unpaired) electrons. The van der Waals surface area contributed by atoms with Crippen LogP contribution in [-0.4, -0.2) is 9.55 Å². The zero-order valence-electron chi connectivity index (χ0n) is 12.1. The van der Waals surface area contributed by atoms with Crippen molar-refractivity contribution in [3.8, 4) is 6.07 Å². The van der Waals surface area contributed by atoms with E-state index in [1.807, 2.05) is 36.6 Å². The standard InChI is InChI=1S/C16H15N3OS/c1-9-6-13(11(3)20-9)10(2)19-15-7-12(8-17)4-5-14(15)18-16(19)21/h4-7,10H,1-3H3,(H,18,21). The molecule has 0 aliphatic carbocycles. The van der Waals surface area contributed by atoms with Gasteiger partial charge in [-0.15, -0.1) is 0 Å². The average Bonchev–Trinajstić information content (AvgIpc) is 2.95. The molecule has 5 heteroatoms. The zero-order valence-corrected chi connectivity index (χ0v) is 12.9. The highest BCUT2D eigenvalue weighted by molar-refractivity contribution is 7.71. The summed E-state index contributed by atoms with van der Waals surface area (Å²) in [7, 11) is 0. The fourth-order valence-electron chi connectivity index (χ4n) is 2.78. The summed E-state index contributed by atoms with van der Waals surface area (Å²) in [5.41, 5.74) is 3.60. The van der Waals surface area contributed by atoms with Crippen LogP contribution in [0, 0.1) is 29.9 Å². The van der Waals surface area contributed by atoms with Crippen molar-refractivity contribution in [1.29, 1.82) is 5.26 Å². The Morgan fingerprint density at radius 1 is 1.33 bits per heavy atom. The number of furan rings is 1. The molecule has 2 aromatic heterocycles. The first kappa shape index (κ1) is 13.7. The molecule has 1 atom stereocenters. The lowest BCUT2D eigenvalue weighted by Crippen LogP contribution is -2.07. The van der Waals surface area contributed by atoms with Crippen LogP contribution in [-0.2, 0) is 0 Å². The Morgan fingerprint density at radius 2 is 2.10 bits per heavy atom. The van der Waals surface area contributed by atoms with Crippen LogP contribution < -0.4 is 0 Å². The van der Waals surface area contributed by atoms with Crippen molar-refractivity contribution >= 4 is 23.3 Å². The van der Waals surface area contributed by atoms with Gasteiger partial charge in [0.15, 0.2) is 4.77 Å². The summed E-state index contributed by atoms with van der Waals surface area (Å²) in [6.07, 6.45) is 0. The second-order valence-electron chi connectivity index (χ2n) is 5.19. The molecule has 0 saturated heterocycles. The molecule has 0 aliphatic heterocycles. The Kier molecular flexibility index (Phi) is 3.19. The fourth-order valence-corrected chi connectivity index (χ4v) is 3.15. The lowest BCUT2D eigenvalue weighted by Gasteiger charge is -2.14. The van der Waals surface area contributed by atoms with Crippen molar-refractivity contribution < 1.29 is 4.42 Å². The minimum absolute atomic E-state index is 0.0395. The number of fused-ring (bicyclic) bond motifs is 1. The van der Waals surface area contributed by atoms with Gasteiger partial charge in [0.05, 0.1) is 28.7 Å². The third-order valence-corrected chi connectivity index (χ3v) is 4.06. The van der Waals surface area contributed by atoms with E-state index in [1.54, 1.807) is 6.07 Å². The van der Waals surface area contributed by atoms with Gasteiger partial charge in [-0.3, -0.25) is 0 Å². The first-order chi connectivity index (χ1) is 10.0. The van der Waals surface area contributed by atoms with Crippen LogP contribution in [0.4, 0.5) is 0 Å². The summed E-state index contributed by atoms with van der Waals surface area (Å²) in [5.74, 6) is 1.78. The van der Waals surface area contributed by atoms with E-state index in [4.69, 9.17) is 21.9 Å². The van der Waals surface area contributed by atoms with Gasteiger partial charge < -0.3 is 14.0 Å². The molecule has 3 rings (SSSR count). The number of aromatic nitrogens is 2. The van der Waals surface area contributed by atoms with E-state index in [9.17, 15) is 0 Å². The fraction of sp³-hybridized carbons (Fsp3) is 0.250. The van der Waals surface area contributed by atoms with Crippen molar-refractivity contribution in [2.75, 3.05) is 0 Å². The van der Waals surface area contributed by atoms with Gasteiger partial charge in [-0.1, -0.05) is 0 Å². The molecule has 1 N–H and O–H groups in total. The van der Waals surface area contributed by atoms with E-state index in [-0.39, 0.29) is 6.04 Å². The van der Waals surface area contributed by atoms with Crippen LogP contribution in [0.3, 0.4) is 0 Å². The van der Waals surface area contributed by atoms with Crippen molar-refractivity contribution in [3.05, 3.63) is 51.7 Å². The summed E-state index contributed by atoms with van der Waals surface area (Å²) < 4.78 is 8.30. The number of hydrogen-bond donors (Lipinski definition) is 1. The highest BCUT2D eigenvalue weighted by atomic mass is 32.1. The minimum atomic E-state index is 0.0395. The monoisotopic (exact) mass is 297 g/mol. The number of rotatable bonds is 2. The first-order valence-corrected chi connectivity index (χ1v) is 7.13. The van der Waals surface area contributed by atoms with E-state index in [1.165, 1.54) is 0 Å². The van der Waals surface area contributed by atoms with Gasteiger partial charge in [0.1, 0.15) is 11.5 Å². The Morgan fingerprint density at radius 3 is 2.71 bits per heavy atom. The zero-order chi connectivity index (χ0) is 15.1. The molecule has 0 amide bonds. The smallest absolute Gasteiger partial charge is 0.178 e. The number of nitriles is 1. The Bertz CT molecular complexity index is 923. The number of imidazole rings is 1. The normalized spacial score (nSPS) is 12.5. The Balaban J connectivity index is 2.24. The van der Waals surface area contributed by atoms with E-state index in [0.29, 0.717) is 10.3 Å². The number of H-pyrrole nitrogens is 1. The van der Waals surface area contributed by atoms with Crippen LogP contribution in [0.25, 0.3) is 11.0 Å². The largest absolute Gasteiger partial charge is 0.466 e. The molecule has 1 aromatic carbocycles. The molecule has 0 aliphatic rings. The quantitative estimate of drug-likeness (QED) is 0.714. The predicted molar refractivity (Wildman–Crippen MR) is 83.8 cm³/mol. The van der Waals surface area contributed by atoms with Gasteiger partial charge in [-0.25, -0.2) is 0 Å². The summed E-state index contributed by atoms with van der Waals surface area (Å²) in [4.78, 5) is 3.19. The molecule has 4 nitrogen and oxygen atoms in total. The third kappa shape index (κ3) is 2.18. The van der Waals surface area contributed by atoms with Crippen LogP contribution in [0.5, 0.6) is 0 Å². The summed E-state index contributed by atoms with van der Waals surface area (Å²) in [6.45, 7) is 5.98. The van der Waals surface area contributed by atoms with Crippen LogP contribution in [0.1, 0.15) is 35.6 Å². The van der Waals surface area contributed by atoms with Crippen LogP contribution in [0.2, 0.25) is 0 Å². The highest BCUT2D eigenvalue weighted by Gasteiger charge is 2.18. The third-order valence-electron chi connectivity index (χ3n) is 3.76. The number of hydrogen-bond acceptors (Lipinski definition) is 3. The van der Waals surface area contributed by atoms with Gasteiger partial charge in [0.25, 0.3) is 0 Å². The topological polar surface area (TPSA) is 57.6 Å². The summed E-state index contributed by atoms with van der Waals surface area (Å²) >= 11 is 5.45. The number of benzene rings is 1. The first-order valence-electron chi connectivity index (χ1n) is 6.72. The lowest BCUT2D eigenvalue weighted by molar-refractivity contribution is 0.495. The molecule has 3 aromatic rings. The molecule has 0 spiro atoms. The van der Waals surface area contributed by atoms with Crippen molar-refractivity contribution in [1.82, 2.24) is 9.55 Å². The molecule has 0 saturated carbocycles. The van der Waals surface area contributed by atoms with Crippen LogP contribution >= 0.6 is 12.2 Å². The second-order valence-corrected chi connectivity index (χ2v) is 5.58. The number of aromatic amines is 1. The van der Waals surface area contributed by atoms with E-state index in [2.05, 4.69) is 18.0 Å². The van der Waals surface area contributed by atoms with Crippen LogP contribution in [0.15, 0.2) is 28.7 Å². The molecule has 1 unspecified atom stereocenters. The molecular formula is C16H15N3OS. The minimum Gasteiger partial charge on any atom is -0.466 e. The van der Waals surface area contributed by atoms with Gasteiger partial charge >= 0.3 is 0 Å². The van der Waals surface area contributed by atoms with E-state index < -0.39 is 0 Å². The van der Waals surface area contributed by atoms with Crippen molar-refractivity contribution in [2.24, 2.45) is 0 Å². The average molecular weight is 297 g/mol. The van der Waals surface area contributed by atoms with Gasteiger partial charge in [0.2, 0.25) is 0 Å². The highest BCUT2D eigenvalue weighted by Crippen LogP contribution is 2.28. The second kappa shape index (κ2) is 4.90. The summed E-state index contributed by atoms with van der Waals surface area (Å²) in [5, 5.41) is 9.09. The van der Waals surface area contributed by atoms with Crippen molar-refractivity contribution in [3.63, 3.8) is 0 Å². The van der Waals surface area contributed by atoms with E-state index in [0.717, 1.165) is 28.1 Å². The summed E-state index contributed by atoms with van der Waals surface area (Å²) in [6, 6.07) is 9.78. The maximum atomic E-state index is 9.09. The number of aryl methyl sites for hydroxylation is 2. The molecular weight excluding hydrogens is 282 g/mol. The molecule has 0 fully saturated rings. The Hall–Kier alpha value is -2.32. The SMILES string of the molecule is Cc1cc(C(C)n2c(=S)[nH]c3ccc(C#N)cc32)c(C)o1. The van der Waals surface area contributed by atoms with E-state index >= 15 is 0 Å². The van der Waals surface area contributed by atoms with Gasteiger partial charge in [-0.2, -0.15) is 5.26 Å².